The number of methoxy groups -OCH3 is 2. The summed E-state index contributed by atoms with van der Waals surface area (Å²) in [6.45, 7) is 0. The highest BCUT2D eigenvalue weighted by Gasteiger charge is 2.16. The molecule has 2 N–H and O–H groups in total. The zero-order valence-electron chi connectivity index (χ0n) is 15.5. The van der Waals surface area contributed by atoms with Gasteiger partial charge in [0.05, 0.1) is 36.7 Å². The van der Waals surface area contributed by atoms with Crippen LogP contribution in [0.2, 0.25) is 0 Å². The number of carbonyl (C=O) groups excluding carboxylic acids is 4. The molecule has 0 saturated heterocycles. The molecule has 2 amide bonds. The second kappa shape index (κ2) is 9.86. The summed E-state index contributed by atoms with van der Waals surface area (Å²) in [5.74, 6) is -2.03. The first-order valence-electron chi connectivity index (χ1n) is 8.40. The van der Waals surface area contributed by atoms with Gasteiger partial charge in [-0.2, -0.15) is 0 Å². The van der Waals surface area contributed by atoms with Crippen LogP contribution in [-0.2, 0) is 19.1 Å². The summed E-state index contributed by atoms with van der Waals surface area (Å²) < 4.78 is 9.34. The van der Waals surface area contributed by atoms with Crippen LogP contribution in [0.1, 0.15) is 33.6 Å². The van der Waals surface area contributed by atoms with Crippen molar-refractivity contribution in [2.24, 2.45) is 0 Å². The number of amides is 2. The van der Waals surface area contributed by atoms with Gasteiger partial charge < -0.3 is 20.1 Å². The van der Waals surface area contributed by atoms with E-state index in [-0.39, 0.29) is 24.0 Å². The van der Waals surface area contributed by atoms with Gasteiger partial charge in [-0.05, 0) is 24.3 Å². The highest BCUT2D eigenvalue weighted by molar-refractivity contribution is 6.04. The molecule has 2 rings (SSSR count). The van der Waals surface area contributed by atoms with E-state index < -0.39 is 23.8 Å². The Labute approximate surface area is 161 Å². The monoisotopic (exact) mass is 384 g/mol. The predicted octanol–water partition coefficient (Wildman–Crippen LogP) is 2.62. The molecule has 0 atom stereocenters. The molecule has 0 saturated carbocycles. The molecule has 0 heterocycles. The van der Waals surface area contributed by atoms with Crippen molar-refractivity contribution < 1.29 is 28.7 Å². The van der Waals surface area contributed by atoms with E-state index in [4.69, 9.17) is 0 Å². The first-order chi connectivity index (χ1) is 13.5. The van der Waals surface area contributed by atoms with Crippen LogP contribution in [0.25, 0.3) is 0 Å². The number of anilines is 2. The van der Waals surface area contributed by atoms with Gasteiger partial charge in [0.25, 0.3) is 0 Å². The Kier molecular flexibility index (Phi) is 7.27. The van der Waals surface area contributed by atoms with Gasteiger partial charge in [-0.25, -0.2) is 9.59 Å². The van der Waals surface area contributed by atoms with Gasteiger partial charge >= 0.3 is 11.9 Å². The Bertz CT molecular complexity index is 820. The Balaban J connectivity index is 1.95. The summed E-state index contributed by atoms with van der Waals surface area (Å²) in [5.41, 5.74) is 1.04. The summed E-state index contributed by atoms with van der Waals surface area (Å²) >= 11 is 0. The van der Waals surface area contributed by atoms with Gasteiger partial charge in [0.2, 0.25) is 11.8 Å². The molecule has 0 bridgehead atoms. The van der Waals surface area contributed by atoms with Crippen molar-refractivity contribution >= 4 is 35.1 Å². The molecule has 0 spiro atoms. The number of benzene rings is 2. The lowest BCUT2D eigenvalue weighted by molar-refractivity contribution is -0.121. The van der Waals surface area contributed by atoms with Crippen molar-refractivity contribution in [3.05, 3.63) is 59.7 Å². The molecular formula is C20H20N2O6. The van der Waals surface area contributed by atoms with E-state index in [1.165, 1.54) is 26.4 Å². The Morgan fingerprint density at radius 3 is 1.39 bits per heavy atom. The van der Waals surface area contributed by atoms with Crippen LogP contribution in [0, 0.1) is 0 Å². The maximum atomic E-state index is 12.1. The lowest BCUT2D eigenvalue weighted by Gasteiger charge is -2.11. The SMILES string of the molecule is COC(=O)c1ccccc1NC(=O)CCC(=O)Nc1ccccc1C(=O)OC. The fraction of sp³-hybridized carbons (Fsp3) is 0.200. The number of rotatable bonds is 7. The molecule has 0 radical (unpaired) electrons. The second-order valence-corrected chi connectivity index (χ2v) is 5.67. The topological polar surface area (TPSA) is 111 Å². The largest absolute Gasteiger partial charge is 0.465 e. The summed E-state index contributed by atoms with van der Waals surface area (Å²) in [6.07, 6.45) is -0.219. The van der Waals surface area contributed by atoms with Gasteiger partial charge in [0.1, 0.15) is 0 Å². The highest BCUT2D eigenvalue weighted by atomic mass is 16.5. The van der Waals surface area contributed by atoms with Gasteiger partial charge in [0, 0.05) is 12.8 Å². The van der Waals surface area contributed by atoms with Crippen LogP contribution < -0.4 is 10.6 Å². The average Bonchev–Trinajstić information content (AvgIpc) is 2.72. The molecule has 0 aliphatic heterocycles. The molecule has 8 nitrogen and oxygen atoms in total. The van der Waals surface area contributed by atoms with Crippen LogP contribution in [0.3, 0.4) is 0 Å². The summed E-state index contributed by atoms with van der Waals surface area (Å²) in [5, 5.41) is 5.18. The van der Waals surface area contributed by atoms with Gasteiger partial charge in [0.15, 0.2) is 0 Å². The molecule has 28 heavy (non-hydrogen) atoms. The molecule has 8 heteroatoms. The minimum atomic E-state index is -0.576. The predicted molar refractivity (Wildman–Crippen MR) is 102 cm³/mol. The number of carbonyl (C=O) groups is 4. The van der Waals surface area contributed by atoms with Gasteiger partial charge in [-0.1, -0.05) is 24.3 Å². The third-order valence-corrected chi connectivity index (χ3v) is 3.79. The average molecular weight is 384 g/mol. The van der Waals surface area contributed by atoms with E-state index >= 15 is 0 Å². The van der Waals surface area contributed by atoms with E-state index in [0.29, 0.717) is 11.4 Å². The van der Waals surface area contributed by atoms with Crippen LogP contribution >= 0.6 is 0 Å². The Hall–Kier alpha value is -3.68. The summed E-state index contributed by atoms with van der Waals surface area (Å²) in [4.78, 5) is 47.7. The molecule has 146 valence electrons. The molecule has 0 aromatic heterocycles. The van der Waals surface area contributed by atoms with Crippen LogP contribution in [0.15, 0.2) is 48.5 Å². The van der Waals surface area contributed by atoms with E-state index in [1.54, 1.807) is 36.4 Å². The molecule has 0 aliphatic carbocycles. The Morgan fingerprint density at radius 2 is 1.04 bits per heavy atom. The quantitative estimate of drug-likeness (QED) is 0.710. The van der Waals surface area contributed by atoms with Crippen molar-refractivity contribution in [3.63, 3.8) is 0 Å². The first-order valence-corrected chi connectivity index (χ1v) is 8.40. The molecular weight excluding hydrogens is 364 g/mol. The fourth-order valence-corrected chi connectivity index (χ4v) is 2.41. The maximum absolute atomic E-state index is 12.1. The minimum Gasteiger partial charge on any atom is -0.465 e. The first kappa shape index (κ1) is 20.6. The van der Waals surface area contributed by atoms with Crippen LogP contribution in [-0.4, -0.2) is 38.0 Å². The number of hydrogen-bond donors (Lipinski definition) is 2. The number of hydrogen-bond acceptors (Lipinski definition) is 6. The zero-order valence-corrected chi connectivity index (χ0v) is 15.5. The van der Waals surface area contributed by atoms with Crippen molar-refractivity contribution in [2.75, 3.05) is 24.9 Å². The highest BCUT2D eigenvalue weighted by Crippen LogP contribution is 2.18. The zero-order chi connectivity index (χ0) is 20.5. The van der Waals surface area contributed by atoms with E-state index in [2.05, 4.69) is 20.1 Å². The molecule has 0 fully saturated rings. The van der Waals surface area contributed by atoms with E-state index in [0.717, 1.165) is 0 Å². The number of para-hydroxylation sites is 2. The summed E-state index contributed by atoms with van der Waals surface area (Å²) in [6, 6.07) is 12.8. The van der Waals surface area contributed by atoms with Gasteiger partial charge in [-0.3, -0.25) is 9.59 Å². The van der Waals surface area contributed by atoms with Crippen molar-refractivity contribution in [2.45, 2.75) is 12.8 Å². The van der Waals surface area contributed by atoms with E-state index in [1.807, 2.05) is 0 Å². The molecule has 2 aromatic rings. The van der Waals surface area contributed by atoms with Crippen LogP contribution in [0.5, 0.6) is 0 Å². The minimum absolute atomic E-state index is 0.109. The van der Waals surface area contributed by atoms with Crippen LogP contribution in [0.4, 0.5) is 11.4 Å². The van der Waals surface area contributed by atoms with Gasteiger partial charge in [-0.15, -0.1) is 0 Å². The maximum Gasteiger partial charge on any atom is 0.339 e. The Morgan fingerprint density at radius 1 is 0.679 bits per heavy atom. The summed E-state index contributed by atoms with van der Waals surface area (Å²) in [7, 11) is 2.49. The molecule has 0 unspecified atom stereocenters. The smallest absolute Gasteiger partial charge is 0.339 e. The fourth-order valence-electron chi connectivity index (χ4n) is 2.41. The molecule has 2 aromatic carbocycles. The third kappa shape index (κ3) is 5.41. The number of esters is 2. The van der Waals surface area contributed by atoms with Crippen molar-refractivity contribution in [1.82, 2.24) is 0 Å². The lowest BCUT2D eigenvalue weighted by Crippen LogP contribution is -2.19. The lowest BCUT2D eigenvalue weighted by atomic mass is 10.1. The second-order valence-electron chi connectivity index (χ2n) is 5.67. The van der Waals surface area contributed by atoms with Crippen molar-refractivity contribution in [1.29, 1.82) is 0 Å². The number of nitrogens with one attached hydrogen (secondary N) is 2. The third-order valence-electron chi connectivity index (χ3n) is 3.79. The van der Waals surface area contributed by atoms with E-state index in [9.17, 15) is 19.2 Å². The standard InChI is InChI=1S/C20H20N2O6/c1-27-19(25)13-7-3-5-9-15(13)21-17(23)11-12-18(24)22-16-10-6-4-8-14(16)20(26)28-2/h3-10H,11-12H2,1-2H3,(H,21,23)(H,22,24). The normalized spacial score (nSPS) is 9.93. The van der Waals surface area contributed by atoms with Crippen molar-refractivity contribution in [3.8, 4) is 0 Å². The number of ether oxygens (including phenoxy) is 2. The molecule has 0 aliphatic rings.